The van der Waals surface area contributed by atoms with Crippen LogP contribution in [0.2, 0.25) is 0 Å². The Hall–Kier alpha value is -3.55. The van der Waals surface area contributed by atoms with E-state index in [1.807, 2.05) is 0 Å². The van der Waals surface area contributed by atoms with E-state index in [1.165, 1.54) is 25.3 Å². The van der Waals surface area contributed by atoms with Crippen molar-refractivity contribution in [2.75, 3.05) is 13.7 Å². The Balaban J connectivity index is 1.92. The molecule has 7 N–H and O–H groups in total. The van der Waals surface area contributed by atoms with Crippen LogP contribution in [-0.4, -0.2) is 80.2 Å². The molecule has 2 heterocycles. The predicted octanol–water partition coefficient (Wildman–Crippen LogP) is -0.236. The molecule has 182 valence electrons. The molecule has 1 aliphatic rings. The fraction of sp³-hybridized carbons (Fsp3) is 0.318. The summed E-state index contributed by atoms with van der Waals surface area (Å²) in [5.41, 5.74) is -0.942. The molecule has 1 aliphatic heterocycles. The number of aliphatic hydroxyl groups is 4. The molecule has 0 aliphatic carbocycles. The lowest BCUT2D eigenvalue weighted by Crippen LogP contribution is -2.60. The molecule has 1 fully saturated rings. The van der Waals surface area contributed by atoms with Gasteiger partial charge in [-0.15, -0.1) is 0 Å². The van der Waals surface area contributed by atoms with Gasteiger partial charge in [0.15, 0.2) is 17.3 Å². The maximum Gasteiger partial charge on any atom is 0.239 e. The largest absolute Gasteiger partial charge is 0.507 e. The number of benzene rings is 2. The van der Waals surface area contributed by atoms with Crippen LogP contribution in [0.25, 0.3) is 22.3 Å². The van der Waals surface area contributed by atoms with Gasteiger partial charge in [-0.2, -0.15) is 0 Å². The van der Waals surface area contributed by atoms with E-state index in [4.69, 9.17) is 18.6 Å². The number of fused-ring (bicyclic) bond motifs is 1. The summed E-state index contributed by atoms with van der Waals surface area (Å²) < 4.78 is 21.8. The Labute approximate surface area is 191 Å². The zero-order valence-electron chi connectivity index (χ0n) is 17.7. The van der Waals surface area contributed by atoms with E-state index in [1.54, 1.807) is 0 Å². The summed E-state index contributed by atoms with van der Waals surface area (Å²) in [4.78, 5) is 13.4. The molecule has 1 aromatic heterocycles. The van der Waals surface area contributed by atoms with Gasteiger partial charge in [-0.25, -0.2) is 0 Å². The molecule has 12 heteroatoms. The number of ether oxygens (including phenoxy) is 3. The van der Waals surface area contributed by atoms with E-state index < -0.39 is 65.7 Å². The monoisotopic (exact) mass is 478 g/mol. The molecule has 1 saturated heterocycles. The van der Waals surface area contributed by atoms with Crippen molar-refractivity contribution in [2.24, 2.45) is 0 Å². The number of aliphatic hydroxyl groups excluding tert-OH is 4. The highest BCUT2D eigenvalue weighted by Crippen LogP contribution is 2.39. The minimum Gasteiger partial charge on any atom is -0.507 e. The van der Waals surface area contributed by atoms with Crippen molar-refractivity contribution in [3.8, 4) is 40.1 Å². The van der Waals surface area contributed by atoms with Crippen LogP contribution in [0.15, 0.2) is 39.5 Å². The molecule has 0 bridgehead atoms. The molecule has 2 aromatic carbocycles. The van der Waals surface area contributed by atoms with E-state index in [9.17, 15) is 40.5 Å². The number of rotatable bonds is 5. The van der Waals surface area contributed by atoms with Gasteiger partial charge in [0.2, 0.25) is 17.5 Å². The molecule has 0 spiro atoms. The van der Waals surface area contributed by atoms with Gasteiger partial charge in [-0.1, -0.05) is 0 Å². The van der Waals surface area contributed by atoms with E-state index in [-0.39, 0.29) is 28.0 Å². The molecule has 0 radical (unpaired) electrons. The number of hydrogen-bond acceptors (Lipinski definition) is 12. The molecular weight excluding hydrogens is 456 g/mol. The van der Waals surface area contributed by atoms with E-state index in [0.29, 0.717) is 0 Å². The molecule has 12 nitrogen and oxygen atoms in total. The molecule has 0 saturated carbocycles. The zero-order valence-corrected chi connectivity index (χ0v) is 17.7. The van der Waals surface area contributed by atoms with E-state index in [2.05, 4.69) is 0 Å². The summed E-state index contributed by atoms with van der Waals surface area (Å²) in [7, 11) is 1.34. The van der Waals surface area contributed by atoms with Gasteiger partial charge >= 0.3 is 0 Å². The number of aromatic hydroxyl groups is 3. The van der Waals surface area contributed by atoms with Gasteiger partial charge in [0.05, 0.1) is 13.7 Å². The maximum absolute atomic E-state index is 13.4. The summed E-state index contributed by atoms with van der Waals surface area (Å²) in [5, 5.41) is 69.5. The van der Waals surface area contributed by atoms with Crippen molar-refractivity contribution in [2.45, 2.75) is 30.7 Å². The molecule has 0 amide bonds. The maximum atomic E-state index is 13.4. The lowest BCUT2D eigenvalue weighted by Gasteiger charge is -2.39. The fourth-order valence-corrected chi connectivity index (χ4v) is 3.62. The Morgan fingerprint density at radius 1 is 0.941 bits per heavy atom. The molecule has 34 heavy (non-hydrogen) atoms. The first-order valence-electron chi connectivity index (χ1n) is 10.0. The lowest BCUT2D eigenvalue weighted by molar-refractivity contribution is -0.277. The van der Waals surface area contributed by atoms with Gasteiger partial charge in [0.1, 0.15) is 46.9 Å². The Kier molecular flexibility index (Phi) is 6.25. The van der Waals surface area contributed by atoms with Gasteiger partial charge in [0, 0.05) is 17.7 Å². The molecule has 5 atom stereocenters. The quantitative estimate of drug-likeness (QED) is 0.238. The van der Waals surface area contributed by atoms with Crippen LogP contribution in [0.4, 0.5) is 0 Å². The van der Waals surface area contributed by atoms with Crippen molar-refractivity contribution >= 4 is 11.0 Å². The Morgan fingerprint density at radius 3 is 2.32 bits per heavy atom. The average molecular weight is 478 g/mol. The fourth-order valence-electron chi connectivity index (χ4n) is 3.62. The summed E-state index contributed by atoms with van der Waals surface area (Å²) in [6.45, 7) is -0.726. The Bertz CT molecular complexity index is 1270. The van der Waals surface area contributed by atoms with Crippen LogP contribution < -0.4 is 14.9 Å². The van der Waals surface area contributed by atoms with Gasteiger partial charge in [0.25, 0.3) is 0 Å². The smallest absolute Gasteiger partial charge is 0.239 e. The number of phenols is 3. The third-order valence-corrected chi connectivity index (χ3v) is 5.46. The minimum absolute atomic E-state index is 0.0659. The van der Waals surface area contributed by atoms with Crippen LogP contribution in [0.1, 0.15) is 0 Å². The number of hydrogen-bond donors (Lipinski definition) is 7. The first-order chi connectivity index (χ1) is 16.2. The molecular formula is C22H22O12. The van der Waals surface area contributed by atoms with Gasteiger partial charge in [-0.05, 0) is 18.2 Å². The predicted molar refractivity (Wildman–Crippen MR) is 114 cm³/mol. The normalized spacial score (nSPS) is 24.8. The van der Waals surface area contributed by atoms with Crippen LogP contribution in [-0.2, 0) is 4.74 Å². The highest BCUT2D eigenvalue weighted by atomic mass is 16.7. The summed E-state index contributed by atoms with van der Waals surface area (Å²) in [6.07, 6.45) is -8.31. The van der Waals surface area contributed by atoms with Crippen molar-refractivity contribution < 1.29 is 54.4 Å². The Morgan fingerprint density at radius 2 is 1.68 bits per heavy atom. The van der Waals surface area contributed by atoms with Crippen molar-refractivity contribution in [3.05, 3.63) is 40.6 Å². The summed E-state index contributed by atoms with van der Waals surface area (Å²) in [5.74, 6) is -2.16. The third-order valence-electron chi connectivity index (χ3n) is 5.46. The standard InChI is InChI=1S/C22H22O12/c1-31-9-5-12(26)15-13(6-9)32-20(8-2-3-10(24)11(25)4-8)21(17(15)28)34-22-19(30)18(29)16(27)14(7-23)33-22/h2-6,14,16,18-19,22-27,29-30H,7H2,1H3/t14-,16-,18+,19-,22+/m1/s1. The number of phenolic OH excluding ortho intramolecular Hbond substituents is 3. The molecule has 3 aromatic rings. The van der Waals surface area contributed by atoms with Crippen molar-refractivity contribution in [1.82, 2.24) is 0 Å². The highest BCUT2D eigenvalue weighted by Gasteiger charge is 2.45. The minimum atomic E-state index is -1.83. The van der Waals surface area contributed by atoms with Crippen LogP contribution in [0, 0.1) is 0 Å². The van der Waals surface area contributed by atoms with Crippen LogP contribution in [0.5, 0.6) is 28.7 Å². The van der Waals surface area contributed by atoms with Crippen LogP contribution >= 0.6 is 0 Å². The second-order valence-electron chi connectivity index (χ2n) is 7.63. The molecule has 4 rings (SSSR count). The van der Waals surface area contributed by atoms with Crippen molar-refractivity contribution in [3.63, 3.8) is 0 Å². The number of methoxy groups -OCH3 is 1. The highest BCUT2D eigenvalue weighted by molar-refractivity contribution is 5.88. The van der Waals surface area contributed by atoms with Crippen molar-refractivity contribution in [1.29, 1.82) is 0 Å². The van der Waals surface area contributed by atoms with Gasteiger partial charge in [-0.3, -0.25) is 4.79 Å². The SMILES string of the molecule is COc1cc(O)c2c(=O)c(O[C@@H]3O[C@H](CO)[C@@H](O)[C@H](O)[C@H]3O)c(-c3ccc(O)c(O)c3)oc2c1. The summed E-state index contributed by atoms with van der Waals surface area (Å²) >= 11 is 0. The van der Waals surface area contributed by atoms with E-state index >= 15 is 0 Å². The third kappa shape index (κ3) is 3.97. The second kappa shape index (κ2) is 9.00. The average Bonchev–Trinajstić information content (AvgIpc) is 2.82. The van der Waals surface area contributed by atoms with Gasteiger partial charge < -0.3 is 54.4 Å². The first kappa shape index (κ1) is 23.6. The topological polar surface area (TPSA) is 200 Å². The van der Waals surface area contributed by atoms with E-state index in [0.717, 1.165) is 12.1 Å². The second-order valence-corrected chi connectivity index (χ2v) is 7.63. The molecule has 0 unspecified atom stereocenters. The first-order valence-corrected chi connectivity index (χ1v) is 10.0. The summed E-state index contributed by atoms with van der Waals surface area (Å²) in [6, 6.07) is 6.02. The lowest BCUT2D eigenvalue weighted by atomic mass is 9.99. The zero-order chi connectivity index (χ0) is 24.7. The van der Waals surface area contributed by atoms with Crippen LogP contribution in [0.3, 0.4) is 0 Å².